The number of hydrogen-bond donors (Lipinski definition) is 1. The van der Waals surface area contributed by atoms with Crippen molar-refractivity contribution in [3.63, 3.8) is 0 Å². The Balaban J connectivity index is 1.98. The van der Waals surface area contributed by atoms with Gasteiger partial charge in [-0.3, -0.25) is 10.1 Å². The van der Waals surface area contributed by atoms with Gasteiger partial charge >= 0.3 is 0 Å². The zero-order valence-electron chi connectivity index (χ0n) is 12.4. The minimum absolute atomic E-state index is 0.227. The van der Waals surface area contributed by atoms with Crippen LogP contribution in [0.15, 0.2) is 29.3 Å². The highest BCUT2D eigenvalue weighted by Gasteiger charge is 2.21. The van der Waals surface area contributed by atoms with Gasteiger partial charge in [0.05, 0.1) is 6.61 Å². The molecule has 0 heterocycles. The Morgan fingerprint density at radius 3 is 2.86 bits per heavy atom. The van der Waals surface area contributed by atoms with Crippen molar-refractivity contribution >= 4 is 11.9 Å². The van der Waals surface area contributed by atoms with Crippen LogP contribution in [0.5, 0.6) is 0 Å². The van der Waals surface area contributed by atoms with Gasteiger partial charge in [0.15, 0.2) is 0 Å². The molecule has 0 spiro atoms. The van der Waals surface area contributed by atoms with Crippen LogP contribution in [0.25, 0.3) is 0 Å². The number of amides is 1. The van der Waals surface area contributed by atoms with Crippen LogP contribution in [0.2, 0.25) is 0 Å². The molecule has 1 aliphatic carbocycles. The second-order valence-electron chi connectivity index (χ2n) is 5.76. The van der Waals surface area contributed by atoms with Crippen molar-refractivity contribution < 1.29 is 13.9 Å². The Hall–Kier alpha value is -1.91. The summed E-state index contributed by atoms with van der Waals surface area (Å²) in [6, 6.07) is 5.77. The lowest BCUT2D eigenvalue weighted by molar-refractivity contribution is 0.0962. The van der Waals surface area contributed by atoms with E-state index >= 15 is 0 Å². The van der Waals surface area contributed by atoms with Gasteiger partial charge in [-0.2, -0.15) is 0 Å². The molecule has 1 N–H and O–H groups in total. The fourth-order valence-electron chi connectivity index (χ4n) is 1.68. The smallest absolute Gasteiger partial charge is 0.291 e. The predicted octanol–water partition coefficient (Wildman–Crippen LogP) is 2.99. The van der Waals surface area contributed by atoms with E-state index < -0.39 is 11.7 Å². The third-order valence-corrected chi connectivity index (χ3v) is 3.05. The molecule has 4 nitrogen and oxygen atoms in total. The molecule has 21 heavy (non-hydrogen) atoms. The van der Waals surface area contributed by atoms with Gasteiger partial charge < -0.3 is 4.74 Å². The van der Waals surface area contributed by atoms with Gasteiger partial charge in [0.2, 0.25) is 0 Å². The minimum atomic E-state index is -0.442. The average Bonchev–Trinajstić information content (AvgIpc) is 3.25. The second kappa shape index (κ2) is 7.20. The van der Waals surface area contributed by atoms with E-state index in [1.165, 1.54) is 31.0 Å². The molecule has 1 amide bonds. The average molecular weight is 292 g/mol. The maximum atomic E-state index is 13.1. The van der Waals surface area contributed by atoms with Crippen LogP contribution in [-0.2, 0) is 4.74 Å². The Labute approximate surface area is 124 Å². The first-order valence-corrected chi connectivity index (χ1v) is 7.28. The highest BCUT2D eigenvalue weighted by Crippen LogP contribution is 2.28. The molecule has 0 atom stereocenters. The molecule has 0 aromatic heterocycles. The Morgan fingerprint density at radius 2 is 2.24 bits per heavy atom. The number of benzene rings is 1. The number of halogens is 1. The summed E-state index contributed by atoms with van der Waals surface area (Å²) in [5.41, 5.74) is 0.252. The standard InChI is InChI=1S/C16H21FN2O2/c1-11(2)10-21-16(18-9-12-6-7-12)19-15(20)13-4-3-5-14(17)8-13/h3-5,8,11-12H,6-7,9-10H2,1-2H3,(H,18,19,20). The number of ether oxygens (including phenoxy) is 1. The summed E-state index contributed by atoms with van der Waals surface area (Å²) in [6.45, 7) is 5.18. The summed E-state index contributed by atoms with van der Waals surface area (Å²) >= 11 is 0. The summed E-state index contributed by atoms with van der Waals surface area (Å²) in [5, 5.41) is 2.62. The first-order chi connectivity index (χ1) is 10.0. The van der Waals surface area contributed by atoms with E-state index in [1.807, 2.05) is 13.8 Å². The van der Waals surface area contributed by atoms with Gasteiger partial charge in [0, 0.05) is 12.1 Å². The second-order valence-corrected chi connectivity index (χ2v) is 5.76. The third-order valence-electron chi connectivity index (χ3n) is 3.05. The van der Waals surface area contributed by atoms with Crippen LogP contribution in [-0.4, -0.2) is 25.1 Å². The molecule has 114 valence electrons. The van der Waals surface area contributed by atoms with Gasteiger partial charge in [0.1, 0.15) is 5.82 Å². The summed E-state index contributed by atoms with van der Waals surface area (Å²) in [5.74, 6) is 0.0888. The van der Waals surface area contributed by atoms with Crippen molar-refractivity contribution in [2.45, 2.75) is 26.7 Å². The molecule has 1 saturated carbocycles. The van der Waals surface area contributed by atoms with Crippen LogP contribution in [0.1, 0.15) is 37.0 Å². The van der Waals surface area contributed by atoms with E-state index in [9.17, 15) is 9.18 Å². The summed E-state index contributed by atoms with van der Waals surface area (Å²) < 4.78 is 18.7. The lowest BCUT2D eigenvalue weighted by Gasteiger charge is -2.12. The van der Waals surface area contributed by atoms with Crippen LogP contribution < -0.4 is 5.32 Å². The molecule has 5 heteroatoms. The van der Waals surface area contributed by atoms with Crippen LogP contribution in [0.4, 0.5) is 4.39 Å². The summed E-state index contributed by atoms with van der Waals surface area (Å²) in [4.78, 5) is 16.4. The van der Waals surface area contributed by atoms with Gasteiger partial charge in [-0.1, -0.05) is 19.9 Å². The molecule has 0 radical (unpaired) electrons. The van der Waals surface area contributed by atoms with Gasteiger partial charge in [-0.05, 0) is 42.9 Å². The normalized spacial score (nSPS) is 15.1. The van der Waals surface area contributed by atoms with E-state index in [0.717, 1.165) is 0 Å². The molecule has 1 fully saturated rings. The van der Waals surface area contributed by atoms with Crippen molar-refractivity contribution in [1.82, 2.24) is 5.32 Å². The number of rotatable bonds is 5. The summed E-state index contributed by atoms with van der Waals surface area (Å²) in [7, 11) is 0. The maximum Gasteiger partial charge on any atom is 0.291 e. The monoisotopic (exact) mass is 292 g/mol. The Kier molecular flexibility index (Phi) is 5.31. The van der Waals surface area contributed by atoms with Gasteiger partial charge in [0.25, 0.3) is 11.9 Å². The SMILES string of the molecule is CC(C)COC(=NCC1CC1)NC(=O)c1cccc(F)c1. The van der Waals surface area contributed by atoms with E-state index in [-0.39, 0.29) is 11.6 Å². The molecule has 1 aromatic carbocycles. The van der Waals surface area contributed by atoms with E-state index in [4.69, 9.17) is 4.74 Å². The largest absolute Gasteiger partial charge is 0.465 e. The first kappa shape index (κ1) is 15.5. The lowest BCUT2D eigenvalue weighted by Crippen LogP contribution is -2.33. The molecule has 0 aliphatic heterocycles. The molecule has 2 rings (SSSR count). The van der Waals surface area contributed by atoms with Crippen LogP contribution >= 0.6 is 0 Å². The minimum Gasteiger partial charge on any atom is -0.465 e. The molecule has 0 bridgehead atoms. The number of carbonyl (C=O) groups excluding carboxylic acids is 1. The number of carbonyl (C=O) groups is 1. The molecular formula is C16H21FN2O2. The van der Waals surface area contributed by atoms with Crippen molar-refractivity contribution in [2.75, 3.05) is 13.2 Å². The lowest BCUT2D eigenvalue weighted by atomic mass is 10.2. The Bertz CT molecular complexity index is 525. The van der Waals surface area contributed by atoms with Gasteiger partial charge in [-0.15, -0.1) is 0 Å². The predicted molar refractivity (Wildman–Crippen MR) is 79.7 cm³/mol. The molecule has 1 aromatic rings. The highest BCUT2D eigenvalue weighted by molar-refractivity contribution is 6.04. The Morgan fingerprint density at radius 1 is 1.48 bits per heavy atom. The fourth-order valence-corrected chi connectivity index (χ4v) is 1.68. The van der Waals surface area contributed by atoms with Crippen LogP contribution in [0.3, 0.4) is 0 Å². The maximum absolute atomic E-state index is 13.1. The number of hydrogen-bond acceptors (Lipinski definition) is 3. The number of aliphatic imine (C=N–C) groups is 1. The van der Waals surface area contributed by atoms with Crippen LogP contribution in [0, 0.1) is 17.7 Å². The highest BCUT2D eigenvalue weighted by atomic mass is 19.1. The molecular weight excluding hydrogens is 271 g/mol. The van der Waals surface area contributed by atoms with E-state index in [0.29, 0.717) is 25.0 Å². The topological polar surface area (TPSA) is 50.7 Å². The molecule has 1 aliphatic rings. The number of nitrogens with one attached hydrogen (secondary N) is 1. The van der Waals surface area contributed by atoms with E-state index in [2.05, 4.69) is 10.3 Å². The molecule has 0 saturated heterocycles. The quantitative estimate of drug-likeness (QED) is 0.670. The number of nitrogens with zero attached hydrogens (tertiary/aromatic N) is 1. The summed E-state index contributed by atoms with van der Waals surface area (Å²) in [6.07, 6.45) is 2.36. The number of amidine groups is 1. The molecule has 0 unspecified atom stereocenters. The fraction of sp³-hybridized carbons (Fsp3) is 0.500. The van der Waals surface area contributed by atoms with Crippen molar-refractivity contribution in [3.05, 3.63) is 35.6 Å². The van der Waals surface area contributed by atoms with Crippen molar-refractivity contribution in [3.8, 4) is 0 Å². The first-order valence-electron chi connectivity index (χ1n) is 7.28. The van der Waals surface area contributed by atoms with Gasteiger partial charge in [-0.25, -0.2) is 9.38 Å². The van der Waals surface area contributed by atoms with E-state index in [1.54, 1.807) is 6.07 Å². The zero-order valence-corrected chi connectivity index (χ0v) is 12.4. The van der Waals surface area contributed by atoms with Crippen molar-refractivity contribution in [1.29, 1.82) is 0 Å². The third kappa shape index (κ3) is 5.53. The zero-order chi connectivity index (χ0) is 15.2. The van der Waals surface area contributed by atoms with Crippen molar-refractivity contribution in [2.24, 2.45) is 16.8 Å².